The Labute approximate surface area is 132 Å². The van der Waals surface area contributed by atoms with Crippen LogP contribution in [0.1, 0.15) is 65.2 Å². The van der Waals surface area contributed by atoms with Crippen LogP contribution in [0.2, 0.25) is 0 Å². The fourth-order valence-corrected chi connectivity index (χ4v) is 6.98. The topological polar surface area (TPSA) is 37.3 Å². The van der Waals surface area contributed by atoms with Gasteiger partial charge in [0, 0.05) is 5.41 Å². The molecule has 4 saturated carbocycles. The normalized spacial score (nSPS) is 57.9. The van der Waals surface area contributed by atoms with Crippen LogP contribution in [0.5, 0.6) is 0 Å². The summed E-state index contributed by atoms with van der Waals surface area (Å²) in [5.74, 6) is 1.94. The van der Waals surface area contributed by atoms with Gasteiger partial charge in [-0.05, 0) is 80.5 Å². The van der Waals surface area contributed by atoms with E-state index in [1.807, 2.05) is 6.92 Å². The molecule has 0 spiro atoms. The Morgan fingerprint density at radius 2 is 1.82 bits per heavy atom. The maximum absolute atomic E-state index is 14.1. The van der Waals surface area contributed by atoms with Gasteiger partial charge in [0.2, 0.25) is 0 Å². The fourth-order valence-electron chi connectivity index (χ4n) is 6.98. The number of ketones is 1. The van der Waals surface area contributed by atoms with E-state index in [9.17, 15) is 14.3 Å². The number of halogens is 1. The summed E-state index contributed by atoms with van der Waals surface area (Å²) in [5.41, 5.74) is -0.0844. The van der Waals surface area contributed by atoms with Crippen molar-refractivity contribution in [2.24, 2.45) is 34.5 Å². The monoisotopic (exact) mass is 308 g/mol. The van der Waals surface area contributed by atoms with E-state index in [0.717, 1.165) is 44.9 Å². The minimum Gasteiger partial charge on any atom is -0.393 e. The van der Waals surface area contributed by atoms with Crippen LogP contribution in [0.25, 0.3) is 0 Å². The zero-order valence-electron chi connectivity index (χ0n) is 13.9. The van der Waals surface area contributed by atoms with Crippen LogP contribution in [0.3, 0.4) is 0 Å². The summed E-state index contributed by atoms with van der Waals surface area (Å²) in [7, 11) is 0. The zero-order valence-corrected chi connectivity index (χ0v) is 13.9. The summed E-state index contributed by atoms with van der Waals surface area (Å²) in [4.78, 5) is 12.3. The number of Topliss-reactive ketones (excluding diaryl/α,β-unsaturated/α-hetero) is 1. The van der Waals surface area contributed by atoms with Crippen molar-refractivity contribution in [1.29, 1.82) is 0 Å². The molecule has 0 unspecified atom stereocenters. The van der Waals surface area contributed by atoms with Crippen molar-refractivity contribution < 1.29 is 14.3 Å². The van der Waals surface area contributed by atoms with E-state index in [4.69, 9.17) is 0 Å². The van der Waals surface area contributed by atoms with Gasteiger partial charge in [-0.15, -0.1) is 0 Å². The molecule has 124 valence electrons. The van der Waals surface area contributed by atoms with E-state index in [0.29, 0.717) is 29.6 Å². The smallest absolute Gasteiger partial charge is 0.173 e. The molecule has 0 bridgehead atoms. The number of hydrogen-bond donors (Lipinski definition) is 1. The van der Waals surface area contributed by atoms with Gasteiger partial charge >= 0.3 is 0 Å². The zero-order chi connectivity index (χ0) is 15.7. The van der Waals surface area contributed by atoms with Crippen molar-refractivity contribution in [3.8, 4) is 0 Å². The summed E-state index contributed by atoms with van der Waals surface area (Å²) in [6, 6.07) is 0. The third kappa shape index (κ3) is 1.84. The van der Waals surface area contributed by atoms with Crippen LogP contribution < -0.4 is 0 Å². The van der Waals surface area contributed by atoms with Crippen molar-refractivity contribution in [3.63, 3.8) is 0 Å². The first kappa shape index (κ1) is 15.1. The summed E-state index contributed by atoms with van der Waals surface area (Å²) in [6.07, 6.45) is 6.37. The molecule has 4 aliphatic carbocycles. The first-order valence-corrected chi connectivity index (χ1v) is 9.23. The van der Waals surface area contributed by atoms with Crippen LogP contribution in [0.4, 0.5) is 4.39 Å². The molecule has 22 heavy (non-hydrogen) atoms. The molecule has 0 aromatic carbocycles. The number of alkyl halides is 1. The Morgan fingerprint density at radius 3 is 2.59 bits per heavy atom. The van der Waals surface area contributed by atoms with E-state index < -0.39 is 11.6 Å². The lowest BCUT2D eigenvalue weighted by atomic mass is 9.45. The second-order valence-corrected chi connectivity index (χ2v) is 9.11. The molecule has 8 atom stereocenters. The van der Waals surface area contributed by atoms with Gasteiger partial charge < -0.3 is 5.11 Å². The number of aliphatic hydroxyl groups is 1. The molecule has 2 nitrogen and oxygen atoms in total. The van der Waals surface area contributed by atoms with Crippen LogP contribution in [0.15, 0.2) is 0 Å². The maximum Gasteiger partial charge on any atom is 0.173 e. The highest BCUT2D eigenvalue weighted by Crippen LogP contribution is 2.65. The molecule has 0 amide bonds. The minimum atomic E-state index is -1.22. The van der Waals surface area contributed by atoms with E-state index >= 15 is 0 Å². The van der Waals surface area contributed by atoms with Gasteiger partial charge in [0.1, 0.15) is 0 Å². The highest BCUT2D eigenvalue weighted by molar-refractivity contribution is 5.91. The van der Waals surface area contributed by atoms with E-state index in [1.165, 1.54) is 0 Å². The lowest BCUT2D eigenvalue weighted by molar-refractivity contribution is -0.143. The number of carbonyl (C=O) groups is 1. The number of fused-ring (bicyclic) bond motifs is 5. The Kier molecular flexibility index (Phi) is 3.28. The van der Waals surface area contributed by atoms with Crippen molar-refractivity contribution in [3.05, 3.63) is 0 Å². The fraction of sp³-hybridized carbons (Fsp3) is 0.947. The van der Waals surface area contributed by atoms with Gasteiger partial charge in [-0.1, -0.05) is 13.8 Å². The molecule has 0 aromatic heterocycles. The van der Waals surface area contributed by atoms with Gasteiger partial charge in [-0.2, -0.15) is 0 Å². The second kappa shape index (κ2) is 4.78. The van der Waals surface area contributed by atoms with Gasteiger partial charge in [0.25, 0.3) is 0 Å². The van der Waals surface area contributed by atoms with Gasteiger partial charge in [-0.25, -0.2) is 4.39 Å². The molecule has 0 radical (unpaired) electrons. The summed E-state index contributed by atoms with van der Waals surface area (Å²) in [6.45, 7) is 4.46. The molecule has 0 aliphatic heterocycles. The average Bonchev–Trinajstić information content (AvgIpc) is 2.72. The lowest BCUT2D eigenvalue weighted by Gasteiger charge is -2.59. The molecular formula is C19H29FO2. The molecule has 0 saturated heterocycles. The van der Waals surface area contributed by atoms with E-state index in [-0.39, 0.29) is 17.8 Å². The molecule has 4 aliphatic rings. The van der Waals surface area contributed by atoms with Gasteiger partial charge in [0.15, 0.2) is 12.0 Å². The molecule has 1 N–H and O–H groups in total. The number of hydrogen-bond acceptors (Lipinski definition) is 2. The predicted molar refractivity (Wildman–Crippen MR) is 83.0 cm³/mol. The van der Waals surface area contributed by atoms with Crippen LogP contribution >= 0.6 is 0 Å². The average molecular weight is 308 g/mol. The summed E-state index contributed by atoms with van der Waals surface area (Å²) >= 11 is 0. The first-order chi connectivity index (χ1) is 10.4. The van der Waals surface area contributed by atoms with Crippen LogP contribution in [-0.2, 0) is 4.79 Å². The first-order valence-electron chi connectivity index (χ1n) is 9.23. The van der Waals surface area contributed by atoms with Crippen molar-refractivity contribution in [1.82, 2.24) is 0 Å². The van der Waals surface area contributed by atoms with E-state index in [2.05, 4.69) is 6.92 Å². The van der Waals surface area contributed by atoms with Crippen molar-refractivity contribution in [2.45, 2.75) is 77.5 Å². The summed E-state index contributed by atoms with van der Waals surface area (Å²) < 4.78 is 14.1. The highest BCUT2D eigenvalue weighted by Gasteiger charge is 2.62. The number of rotatable bonds is 0. The predicted octanol–water partition coefficient (Wildman–Crippen LogP) is 3.91. The summed E-state index contributed by atoms with van der Waals surface area (Å²) in [5, 5.41) is 10.0. The quantitative estimate of drug-likeness (QED) is 0.737. The Bertz CT molecular complexity index is 492. The number of aliphatic hydroxyl groups excluding tert-OH is 1. The van der Waals surface area contributed by atoms with Gasteiger partial charge in [0.05, 0.1) is 6.10 Å². The SMILES string of the molecule is C[C@]12CC[C@H](O)C[C@H]1CC[C@@H]1[C@@H]2CC[C@]2(C)C(=O)[C@H](F)C[C@@H]12. The Hall–Kier alpha value is -0.440. The second-order valence-electron chi connectivity index (χ2n) is 9.11. The minimum absolute atomic E-state index is 0.109. The molecule has 0 aromatic rings. The third-order valence-electron chi connectivity index (χ3n) is 8.34. The third-order valence-corrected chi connectivity index (χ3v) is 8.34. The highest BCUT2D eigenvalue weighted by atomic mass is 19.1. The molecule has 4 rings (SSSR count). The largest absolute Gasteiger partial charge is 0.393 e. The molecule has 0 heterocycles. The van der Waals surface area contributed by atoms with Crippen LogP contribution in [0, 0.1) is 34.5 Å². The maximum atomic E-state index is 14.1. The number of carbonyl (C=O) groups excluding carboxylic acids is 1. The molecule has 3 heteroatoms. The molecule has 4 fully saturated rings. The van der Waals surface area contributed by atoms with Crippen molar-refractivity contribution in [2.75, 3.05) is 0 Å². The Morgan fingerprint density at radius 1 is 1.05 bits per heavy atom. The van der Waals surface area contributed by atoms with E-state index in [1.54, 1.807) is 0 Å². The van der Waals surface area contributed by atoms with Crippen molar-refractivity contribution >= 4 is 5.78 Å². The Balaban J connectivity index is 1.64. The van der Waals surface area contributed by atoms with Crippen LogP contribution in [-0.4, -0.2) is 23.2 Å². The van der Waals surface area contributed by atoms with Gasteiger partial charge in [-0.3, -0.25) is 4.79 Å². The molecular weight excluding hydrogens is 279 g/mol. The standard InChI is InChI=1S/C19H29FO2/c1-18-7-5-12(21)9-11(18)3-4-13-14(18)6-8-19(2)15(13)10-16(20)17(19)22/h11-16,21H,3-10H2,1-2H3/t11-,12+,13-,14+,15+,16-,18+,19+/m1/s1. The lowest BCUT2D eigenvalue weighted by Crippen LogP contribution is -2.54.